The summed E-state index contributed by atoms with van der Waals surface area (Å²) in [7, 11) is 0.448. The smallest absolute Gasteiger partial charge is 0.300 e. The second kappa shape index (κ2) is 1.12. The molecular weight excluding hydrogens is 80.1 g/mol. The van der Waals surface area contributed by atoms with E-state index in [1.54, 1.807) is 12.4 Å². The Morgan fingerprint density at radius 1 is 1.20 bits per heavy atom. The van der Waals surface area contributed by atoms with Crippen LogP contribution in [0.2, 0.25) is 0 Å². The van der Waals surface area contributed by atoms with Crippen LogP contribution in [-0.2, 0) is 0 Å². The Balaban J connectivity index is 2.61. The lowest BCUT2D eigenvalue weighted by Gasteiger charge is -1.54. The summed E-state index contributed by atoms with van der Waals surface area (Å²) in [6.45, 7) is 0. The Bertz CT molecular complexity index is 65.7. The molecular formula is C2H2N2Si. The van der Waals surface area contributed by atoms with Gasteiger partial charge in [0.2, 0.25) is 0 Å². The normalized spacial score (nSPS) is 17.6. The zero-order valence-electron chi connectivity index (χ0n) is 2.55. The second-order valence-electron chi connectivity index (χ2n) is 0.656. The monoisotopic (exact) mass is 82.0 g/mol. The first-order valence-corrected chi connectivity index (χ1v) is 2.19. The van der Waals surface area contributed by atoms with Gasteiger partial charge in [-0.1, -0.05) is 0 Å². The van der Waals surface area contributed by atoms with Crippen molar-refractivity contribution in [1.29, 1.82) is 0 Å². The van der Waals surface area contributed by atoms with Crippen LogP contribution in [0.25, 0.3) is 0 Å². The van der Waals surface area contributed by atoms with Gasteiger partial charge in [0.15, 0.2) is 0 Å². The first-order valence-electron chi connectivity index (χ1n) is 1.30. The van der Waals surface area contributed by atoms with Gasteiger partial charge in [0.25, 0.3) is 0 Å². The van der Waals surface area contributed by atoms with Crippen LogP contribution in [-0.4, -0.2) is 22.3 Å². The molecule has 0 saturated carbocycles. The summed E-state index contributed by atoms with van der Waals surface area (Å²) in [4.78, 5) is 0. The molecule has 1 aliphatic rings. The van der Waals surface area contributed by atoms with E-state index in [4.69, 9.17) is 0 Å². The first kappa shape index (κ1) is 2.78. The molecule has 0 aromatic heterocycles. The lowest BCUT2D eigenvalue weighted by Crippen LogP contribution is -1.63. The van der Waals surface area contributed by atoms with E-state index in [-0.39, 0.29) is 0 Å². The highest BCUT2D eigenvalue weighted by Crippen LogP contribution is 1.68. The van der Waals surface area contributed by atoms with Gasteiger partial charge in [-0.3, -0.25) is 0 Å². The average Bonchev–Trinajstić information content (AvgIpc) is 1.76. The second-order valence-corrected chi connectivity index (χ2v) is 1.37. The number of nitrogens with zero attached hydrogens (tertiary/aromatic N) is 2. The van der Waals surface area contributed by atoms with E-state index in [2.05, 4.69) is 9.32 Å². The van der Waals surface area contributed by atoms with Crippen molar-refractivity contribution in [3.05, 3.63) is 0 Å². The van der Waals surface area contributed by atoms with Gasteiger partial charge >= 0.3 is 9.84 Å². The van der Waals surface area contributed by atoms with Gasteiger partial charge in [0.05, 0.1) is 0 Å². The molecule has 0 fully saturated rings. The van der Waals surface area contributed by atoms with Gasteiger partial charge in [-0.05, 0) is 0 Å². The lowest BCUT2D eigenvalue weighted by atomic mass is 10.9. The molecule has 1 rings (SSSR count). The summed E-state index contributed by atoms with van der Waals surface area (Å²) < 4.78 is 7.53. The summed E-state index contributed by atoms with van der Waals surface area (Å²) in [6.07, 6.45) is 3.41. The van der Waals surface area contributed by atoms with Crippen LogP contribution in [0.4, 0.5) is 0 Å². The molecule has 3 heteroatoms. The van der Waals surface area contributed by atoms with Gasteiger partial charge in [0.1, 0.15) is 0 Å². The van der Waals surface area contributed by atoms with Gasteiger partial charge in [0, 0.05) is 12.4 Å². The molecule has 0 unspecified atom stereocenters. The van der Waals surface area contributed by atoms with E-state index in [0.29, 0.717) is 9.84 Å². The van der Waals surface area contributed by atoms with E-state index in [0.717, 1.165) is 0 Å². The molecule has 0 bridgehead atoms. The van der Waals surface area contributed by atoms with Crippen molar-refractivity contribution in [2.75, 3.05) is 0 Å². The highest BCUT2D eigenvalue weighted by molar-refractivity contribution is 6.45. The van der Waals surface area contributed by atoms with Crippen LogP contribution in [0.5, 0.6) is 0 Å². The van der Waals surface area contributed by atoms with Crippen molar-refractivity contribution in [2.24, 2.45) is 9.32 Å². The van der Waals surface area contributed by atoms with E-state index in [1.807, 2.05) is 0 Å². The minimum Gasteiger partial charge on any atom is -0.300 e. The van der Waals surface area contributed by atoms with Crippen LogP contribution >= 0.6 is 0 Å². The van der Waals surface area contributed by atoms with E-state index >= 15 is 0 Å². The topological polar surface area (TPSA) is 24.7 Å². The third-order valence-corrected chi connectivity index (χ3v) is 0.860. The third-order valence-electron chi connectivity index (χ3n) is 0.331. The molecule has 0 saturated heterocycles. The fourth-order valence-corrected chi connectivity index (χ4v) is 0.500. The van der Waals surface area contributed by atoms with Crippen LogP contribution in [0, 0.1) is 0 Å². The summed E-state index contributed by atoms with van der Waals surface area (Å²) in [6, 6.07) is 0. The number of hydrogen-bond donors (Lipinski definition) is 0. The Morgan fingerprint density at radius 2 is 1.80 bits per heavy atom. The minimum absolute atomic E-state index is 0.448. The van der Waals surface area contributed by atoms with E-state index < -0.39 is 0 Å². The van der Waals surface area contributed by atoms with Crippen molar-refractivity contribution < 1.29 is 0 Å². The van der Waals surface area contributed by atoms with Gasteiger partial charge in [-0.25, -0.2) is 0 Å². The SMILES string of the molecule is C1=N[Si]N=C1. The van der Waals surface area contributed by atoms with Crippen LogP contribution < -0.4 is 0 Å². The molecule has 0 aliphatic carbocycles. The Kier molecular flexibility index (Phi) is 0.622. The van der Waals surface area contributed by atoms with Crippen LogP contribution in [0.1, 0.15) is 0 Å². The standard InChI is InChI=1S/C2H2N2Si/c1-2-4-5-3-1/h1-2H. The molecule has 0 N–H and O–H groups in total. The van der Waals surface area contributed by atoms with E-state index in [1.165, 1.54) is 0 Å². The average molecular weight is 82.1 g/mol. The maximum absolute atomic E-state index is 3.76. The van der Waals surface area contributed by atoms with Crippen molar-refractivity contribution in [3.8, 4) is 0 Å². The van der Waals surface area contributed by atoms with E-state index in [9.17, 15) is 0 Å². The molecule has 1 heterocycles. The van der Waals surface area contributed by atoms with Gasteiger partial charge < -0.3 is 9.32 Å². The number of hydrogen-bond acceptors (Lipinski definition) is 2. The predicted molar refractivity (Wildman–Crippen MR) is 22.7 cm³/mol. The Morgan fingerprint density at radius 3 is 2.00 bits per heavy atom. The molecule has 0 spiro atoms. The van der Waals surface area contributed by atoms with Gasteiger partial charge in [-0.15, -0.1) is 0 Å². The Hall–Kier alpha value is -0.443. The highest BCUT2D eigenvalue weighted by Gasteiger charge is 1.78. The largest absolute Gasteiger partial charge is 0.373 e. The van der Waals surface area contributed by atoms with Crippen molar-refractivity contribution in [1.82, 2.24) is 0 Å². The molecule has 5 heavy (non-hydrogen) atoms. The van der Waals surface area contributed by atoms with Crippen molar-refractivity contribution in [3.63, 3.8) is 0 Å². The maximum Gasteiger partial charge on any atom is 0.373 e. The fraction of sp³-hybridized carbons (Fsp3) is 0. The highest BCUT2D eigenvalue weighted by atomic mass is 28.2. The zero-order valence-corrected chi connectivity index (χ0v) is 3.55. The molecule has 2 radical (unpaired) electrons. The summed E-state index contributed by atoms with van der Waals surface area (Å²) in [5.41, 5.74) is 0. The number of rotatable bonds is 0. The molecule has 0 aromatic carbocycles. The molecule has 2 nitrogen and oxygen atoms in total. The molecule has 1 aliphatic heterocycles. The third kappa shape index (κ3) is 0.415. The van der Waals surface area contributed by atoms with Crippen molar-refractivity contribution in [2.45, 2.75) is 0 Å². The Labute approximate surface area is 32.6 Å². The summed E-state index contributed by atoms with van der Waals surface area (Å²) >= 11 is 0. The molecule has 0 amide bonds. The fourth-order valence-electron chi connectivity index (χ4n) is 0.167. The lowest BCUT2D eigenvalue weighted by molar-refractivity contribution is 1.80. The summed E-state index contributed by atoms with van der Waals surface area (Å²) in [5, 5.41) is 0. The molecule has 0 aromatic rings. The van der Waals surface area contributed by atoms with Crippen LogP contribution in [0.3, 0.4) is 0 Å². The quantitative estimate of drug-likeness (QED) is 0.358. The predicted octanol–water partition coefficient (Wildman–Crippen LogP) is -0.324. The minimum atomic E-state index is 0.448. The maximum atomic E-state index is 3.76. The van der Waals surface area contributed by atoms with Gasteiger partial charge in [-0.2, -0.15) is 0 Å². The molecule has 0 atom stereocenters. The zero-order chi connectivity index (χ0) is 3.54. The molecule has 24 valence electrons. The van der Waals surface area contributed by atoms with Crippen molar-refractivity contribution >= 4 is 22.3 Å². The first-order chi connectivity index (χ1) is 2.50. The summed E-state index contributed by atoms with van der Waals surface area (Å²) in [5.74, 6) is 0. The van der Waals surface area contributed by atoms with Crippen LogP contribution in [0.15, 0.2) is 9.32 Å².